The van der Waals surface area contributed by atoms with Crippen LogP contribution in [0.2, 0.25) is 0 Å². The molecule has 2 unspecified atom stereocenters. The second-order valence-electron chi connectivity index (χ2n) is 5.62. The van der Waals surface area contributed by atoms with E-state index >= 15 is 0 Å². The summed E-state index contributed by atoms with van der Waals surface area (Å²) in [6.07, 6.45) is 2.92. The van der Waals surface area contributed by atoms with Crippen molar-refractivity contribution in [3.05, 3.63) is 0 Å². The number of rotatable bonds is 6. The van der Waals surface area contributed by atoms with Gasteiger partial charge in [0.25, 0.3) is 0 Å². The highest BCUT2D eigenvalue weighted by Gasteiger charge is 2.48. The van der Waals surface area contributed by atoms with Gasteiger partial charge in [0.2, 0.25) is 11.8 Å². The van der Waals surface area contributed by atoms with Gasteiger partial charge in [0.05, 0.1) is 12.5 Å². The van der Waals surface area contributed by atoms with E-state index in [2.05, 4.69) is 5.32 Å². The Morgan fingerprint density at radius 3 is 2.58 bits per heavy atom. The van der Waals surface area contributed by atoms with Gasteiger partial charge in [0.15, 0.2) is 0 Å². The number of aliphatic carboxylic acids is 1. The molecule has 1 saturated carbocycles. The predicted octanol–water partition coefficient (Wildman–Crippen LogP) is 0.509. The summed E-state index contributed by atoms with van der Waals surface area (Å²) in [5.41, 5.74) is -1.16. The molecule has 0 radical (unpaired) electrons. The van der Waals surface area contributed by atoms with Crippen molar-refractivity contribution in [3.8, 4) is 0 Å². The summed E-state index contributed by atoms with van der Waals surface area (Å²) >= 11 is 0. The third kappa shape index (κ3) is 2.63. The van der Waals surface area contributed by atoms with Gasteiger partial charge < -0.3 is 5.11 Å². The molecule has 2 fully saturated rings. The molecule has 2 aliphatic rings. The van der Waals surface area contributed by atoms with Crippen LogP contribution in [0.4, 0.5) is 0 Å². The molecule has 2 amide bonds. The van der Waals surface area contributed by atoms with Gasteiger partial charge >= 0.3 is 5.97 Å². The van der Waals surface area contributed by atoms with Crippen molar-refractivity contribution in [2.45, 2.75) is 63.6 Å². The van der Waals surface area contributed by atoms with Gasteiger partial charge in [-0.2, -0.15) is 0 Å². The predicted molar refractivity (Wildman–Crippen MR) is 67.4 cm³/mol. The molecule has 0 spiro atoms. The first-order valence-corrected chi connectivity index (χ1v) is 6.76. The number of likely N-dealkylation sites (tertiary alicyclic amines) is 1. The Morgan fingerprint density at radius 1 is 1.47 bits per heavy atom. The fourth-order valence-electron chi connectivity index (χ4n) is 2.61. The maximum atomic E-state index is 12.2. The Hall–Kier alpha value is -1.43. The van der Waals surface area contributed by atoms with Crippen molar-refractivity contribution in [1.29, 1.82) is 0 Å². The minimum Gasteiger partial charge on any atom is -0.480 e. The molecule has 106 valence electrons. The molecule has 2 rings (SSSR count). The van der Waals surface area contributed by atoms with Crippen LogP contribution in [-0.2, 0) is 14.4 Å². The largest absolute Gasteiger partial charge is 0.480 e. The quantitative estimate of drug-likeness (QED) is 0.685. The van der Waals surface area contributed by atoms with Crippen LogP contribution in [0.1, 0.15) is 46.0 Å². The van der Waals surface area contributed by atoms with E-state index in [1.54, 1.807) is 6.92 Å². The third-order valence-electron chi connectivity index (χ3n) is 3.81. The van der Waals surface area contributed by atoms with Crippen LogP contribution in [0, 0.1) is 0 Å². The highest BCUT2D eigenvalue weighted by Crippen LogP contribution is 2.32. The number of imide groups is 1. The molecule has 0 aromatic carbocycles. The Morgan fingerprint density at radius 2 is 2.11 bits per heavy atom. The fourth-order valence-corrected chi connectivity index (χ4v) is 2.61. The summed E-state index contributed by atoms with van der Waals surface area (Å²) in [5.74, 6) is -1.44. The van der Waals surface area contributed by atoms with E-state index in [1.807, 2.05) is 6.92 Å². The van der Waals surface area contributed by atoms with Gasteiger partial charge in [-0.25, -0.2) is 0 Å². The number of nitrogens with one attached hydrogen (secondary N) is 1. The molecular formula is C13H20N2O4. The third-order valence-corrected chi connectivity index (χ3v) is 3.81. The van der Waals surface area contributed by atoms with Gasteiger partial charge in [-0.1, -0.05) is 13.3 Å². The van der Waals surface area contributed by atoms with E-state index in [1.165, 1.54) is 4.90 Å². The summed E-state index contributed by atoms with van der Waals surface area (Å²) < 4.78 is 0. The van der Waals surface area contributed by atoms with E-state index in [4.69, 9.17) is 0 Å². The highest BCUT2D eigenvalue weighted by atomic mass is 16.4. The molecular weight excluding hydrogens is 248 g/mol. The Balaban J connectivity index is 2.08. The van der Waals surface area contributed by atoms with Crippen LogP contribution in [-0.4, -0.2) is 45.4 Å². The van der Waals surface area contributed by atoms with E-state index in [0.29, 0.717) is 12.8 Å². The zero-order valence-corrected chi connectivity index (χ0v) is 11.3. The minimum absolute atomic E-state index is 0.0501. The molecule has 6 heteroatoms. The normalized spacial score (nSPS) is 26.6. The molecule has 1 saturated heterocycles. The van der Waals surface area contributed by atoms with Crippen molar-refractivity contribution in [1.82, 2.24) is 10.2 Å². The maximum absolute atomic E-state index is 12.2. The Kier molecular flexibility index (Phi) is 3.62. The summed E-state index contributed by atoms with van der Waals surface area (Å²) in [4.78, 5) is 36.6. The molecule has 19 heavy (non-hydrogen) atoms. The number of amides is 2. The summed E-state index contributed by atoms with van der Waals surface area (Å²) in [7, 11) is 0. The number of hydrogen-bond donors (Lipinski definition) is 2. The van der Waals surface area contributed by atoms with E-state index in [0.717, 1.165) is 12.8 Å². The number of carboxylic acid groups (broad SMARTS) is 1. The standard InChI is InChI=1S/C13H20N2O4/c1-3-6-13(2,12(18)19)14-9-7-10(16)15(11(9)17)8-4-5-8/h8-9,14H,3-7H2,1-2H3,(H,18,19). The van der Waals surface area contributed by atoms with Crippen molar-refractivity contribution in [2.75, 3.05) is 0 Å². The first kappa shape index (κ1) is 14.0. The zero-order valence-electron chi connectivity index (χ0n) is 11.3. The molecule has 2 N–H and O–H groups in total. The second-order valence-corrected chi connectivity index (χ2v) is 5.62. The molecule has 1 heterocycles. The highest BCUT2D eigenvalue weighted by molar-refractivity contribution is 6.06. The number of nitrogens with zero attached hydrogens (tertiary/aromatic N) is 1. The maximum Gasteiger partial charge on any atom is 0.323 e. The lowest BCUT2D eigenvalue weighted by atomic mass is 9.95. The lowest BCUT2D eigenvalue weighted by molar-refractivity contribution is -0.145. The van der Waals surface area contributed by atoms with Crippen molar-refractivity contribution < 1.29 is 19.5 Å². The van der Waals surface area contributed by atoms with Crippen LogP contribution in [0.3, 0.4) is 0 Å². The van der Waals surface area contributed by atoms with Crippen LogP contribution in [0.25, 0.3) is 0 Å². The van der Waals surface area contributed by atoms with Gasteiger partial charge in [0.1, 0.15) is 5.54 Å². The SMILES string of the molecule is CCCC(C)(NC1CC(=O)N(C2CC2)C1=O)C(=O)O. The Labute approximate surface area is 112 Å². The lowest BCUT2D eigenvalue weighted by Crippen LogP contribution is -2.55. The molecule has 1 aliphatic carbocycles. The summed E-state index contributed by atoms with van der Waals surface area (Å²) in [6, 6.07) is -0.644. The van der Waals surface area contributed by atoms with Gasteiger partial charge in [-0.3, -0.25) is 24.6 Å². The van der Waals surface area contributed by atoms with E-state index in [-0.39, 0.29) is 24.3 Å². The van der Waals surface area contributed by atoms with Crippen LogP contribution < -0.4 is 5.32 Å². The molecule has 0 aromatic rings. The molecule has 1 aliphatic heterocycles. The second kappa shape index (κ2) is 4.92. The van der Waals surface area contributed by atoms with E-state index in [9.17, 15) is 19.5 Å². The fraction of sp³-hybridized carbons (Fsp3) is 0.769. The zero-order chi connectivity index (χ0) is 14.2. The average molecular weight is 268 g/mol. The monoisotopic (exact) mass is 268 g/mol. The smallest absolute Gasteiger partial charge is 0.323 e. The van der Waals surface area contributed by atoms with Gasteiger partial charge in [-0.15, -0.1) is 0 Å². The minimum atomic E-state index is -1.16. The molecule has 0 bridgehead atoms. The van der Waals surface area contributed by atoms with Gasteiger partial charge in [0, 0.05) is 6.04 Å². The number of carbonyl (C=O) groups is 3. The lowest BCUT2D eigenvalue weighted by Gasteiger charge is -2.28. The molecule has 0 aromatic heterocycles. The molecule has 6 nitrogen and oxygen atoms in total. The van der Waals surface area contributed by atoms with Crippen molar-refractivity contribution >= 4 is 17.8 Å². The van der Waals surface area contributed by atoms with Crippen LogP contribution in [0.15, 0.2) is 0 Å². The first-order valence-electron chi connectivity index (χ1n) is 6.76. The van der Waals surface area contributed by atoms with Crippen LogP contribution in [0.5, 0.6) is 0 Å². The van der Waals surface area contributed by atoms with E-state index < -0.39 is 17.6 Å². The Bertz CT molecular complexity index is 419. The van der Waals surface area contributed by atoms with Crippen molar-refractivity contribution in [3.63, 3.8) is 0 Å². The first-order chi connectivity index (χ1) is 8.89. The number of carboxylic acids is 1. The summed E-state index contributed by atoms with van der Waals surface area (Å²) in [6.45, 7) is 3.46. The van der Waals surface area contributed by atoms with Crippen LogP contribution >= 0.6 is 0 Å². The summed E-state index contributed by atoms with van der Waals surface area (Å²) in [5, 5.41) is 12.2. The number of hydrogen-bond acceptors (Lipinski definition) is 4. The molecule has 2 atom stereocenters. The number of carbonyl (C=O) groups excluding carboxylic acids is 2. The van der Waals surface area contributed by atoms with Crippen molar-refractivity contribution in [2.24, 2.45) is 0 Å². The van der Waals surface area contributed by atoms with Gasteiger partial charge in [-0.05, 0) is 26.2 Å². The average Bonchev–Trinajstić information content (AvgIpc) is 3.09. The topological polar surface area (TPSA) is 86.7 Å².